The third kappa shape index (κ3) is 4.68. The van der Waals surface area contributed by atoms with Crippen LogP contribution < -0.4 is 15.8 Å². The van der Waals surface area contributed by atoms with Crippen molar-refractivity contribution >= 4 is 28.5 Å². The van der Waals surface area contributed by atoms with Crippen molar-refractivity contribution in [2.24, 2.45) is 0 Å². The monoisotopic (exact) mass is 448 g/mol. The molecule has 33 heavy (non-hydrogen) atoms. The van der Waals surface area contributed by atoms with E-state index in [0.717, 1.165) is 23.2 Å². The summed E-state index contributed by atoms with van der Waals surface area (Å²) >= 11 is 0. The minimum absolute atomic E-state index is 0.214. The van der Waals surface area contributed by atoms with Gasteiger partial charge in [0.1, 0.15) is 17.5 Å². The second kappa shape index (κ2) is 8.95. The molecule has 4 aromatic rings. The Balaban J connectivity index is 1.38. The number of hydrogen-bond donors (Lipinski definition) is 2. The lowest BCUT2D eigenvalue weighted by Gasteiger charge is -2.36. The number of hydrogen-bond acceptors (Lipinski definition) is 6. The van der Waals surface area contributed by atoms with Crippen LogP contribution in [0.4, 0.5) is 26.2 Å². The van der Waals surface area contributed by atoms with Crippen molar-refractivity contribution in [1.29, 1.82) is 0 Å². The molecule has 7 nitrogen and oxygen atoms in total. The number of para-hydroxylation sites is 2. The van der Waals surface area contributed by atoms with Crippen molar-refractivity contribution in [2.45, 2.75) is 6.54 Å². The van der Waals surface area contributed by atoms with Crippen LogP contribution in [0.1, 0.15) is 5.56 Å². The van der Waals surface area contributed by atoms with Gasteiger partial charge in [-0.2, -0.15) is 0 Å². The Morgan fingerprint density at radius 3 is 2.42 bits per heavy atom. The fraction of sp³-hybridized carbons (Fsp3) is 0.208. The van der Waals surface area contributed by atoms with E-state index >= 15 is 0 Å². The summed E-state index contributed by atoms with van der Waals surface area (Å²) in [6, 6.07) is 16.0. The summed E-state index contributed by atoms with van der Waals surface area (Å²) in [6.07, 6.45) is 0. The Morgan fingerprint density at radius 1 is 0.909 bits per heavy atom. The number of halogens is 2. The fourth-order valence-corrected chi connectivity index (χ4v) is 3.97. The molecule has 2 aromatic heterocycles. The highest BCUT2D eigenvalue weighted by atomic mass is 19.1. The van der Waals surface area contributed by atoms with E-state index < -0.39 is 11.6 Å². The van der Waals surface area contributed by atoms with Crippen molar-refractivity contribution in [3.8, 4) is 0 Å². The minimum atomic E-state index is -0.439. The van der Waals surface area contributed by atoms with E-state index in [9.17, 15) is 13.6 Å². The molecule has 0 radical (unpaired) electrons. The minimum Gasteiger partial charge on any atom is -0.351 e. The average molecular weight is 448 g/mol. The standard InChI is InChI=1S/C24H22F2N6O/c25-17-8-9-18(26)16(14-17)15-31-10-12-32(13-11-31)24-23(30-21-6-3-7-22(33)29-21)27-19-4-1-2-5-20(19)28-24/h1-9,14H,10-13,15H2,(H2,27,29,30,33). The molecule has 2 N–H and O–H groups in total. The van der Waals surface area contributed by atoms with Crippen LogP contribution in [-0.4, -0.2) is 46.0 Å². The fourth-order valence-electron chi connectivity index (χ4n) is 3.97. The van der Waals surface area contributed by atoms with Crippen molar-refractivity contribution in [2.75, 3.05) is 36.4 Å². The Morgan fingerprint density at radius 2 is 1.67 bits per heavy atom. The molecule has 2 aromatic carbocycles. The van der Waals surface area contributed by atoms with E-state index in [1.807, 2.05) is 24.3 Å². The third-order valence-corrected chi connectivity index (χ3v) is 5.65. The number of aromatic nitrogens is 3. The van der Waals surface area contributed by atoms with Gasteiger partial charge in [0.15, 0.2) is 11.6 Å². The Kier molecular flexibility index (Phi) is 5.70. The molecule has 0 bridgehead atoms. The van der Waals surface area contributed by atoms with Crippen LogP contribution >= 0.6 is 0 Å². The lowest BCUT2D eigenvalue weighted by Crippen LogP contribution is -2.46. The molecular formula is C24H22F2N6O. The zero-order valence-electron chi connectivity index (χ0n) is 17.8. The molecule has 1 aliphatic rings. The molecule has 0 unspecified atom stereocenters. The summed E-state index contributed by atoms with van der Waals surface area (Å²) in [4.78, 5) is 28.2. The first-order valence-electron chi connectivity index (χ1n) is 10.7. The molecule has 1 aliphatic heterocycles. The van der Waals surface area contributed by atoms with Crippen molar-refractivity contribution in [3.63, 3.8) is 0 Å². The predicted octanol–water partition coefficient (Wildman–Crippen LogP) is 3.66. The molecule has 0 aliphatic carbocycles. The Hall–Kier alpha value is -3.85. The van der Waals surface area contributed by atoms with E-state index in [4.69, 9.17) is 9.97 Å². The molecule has 0 atom stereocenters. The molecule has 5 rings (SSSR count). The number of benzene rings is 2. The number of pyridine rings is 1. The maximum absolute atomic E-state index is 14.0. The smallest absolute Gasteiger partial charge is 0.249 e. The van der Waals surface area contributed by atoms with Gasteiger partial charge in [-0.1, -0.05) is 18.2 Å². The zero-order chi connectivity index (χ0) is 22.8. The van der Waals surface area contributed by atoms with Gasteiger partial charge in [0.05, 0.1) is 11.0 Å². The topological polar surface area (TPSA) is 77.2 Å². The zero-order valence-corrected chi connectivity index (χ0v) is 17.8. The molecule has 3 heterocycles. The number of anilines is 3. The van der Waals surface area contributed by atoms with Crippen LogP contribution in [0.2, 0.25) is 0 Å². The van der Waals surface area contributed by atoms with Crippen LogP contribution in [0, 0.1) is 11.6 Å². The molecule has 0 amide bonds. The number of nitrogens with zero attached hydrogens (tertiary/aromatic N) is 4. The van der Waals surface area contributed by atoms with Crippen LogP contribution in [0.3, 0.4) is 0 Å². The number of nitrogens with one attached hydrogen (secondary N) is 2. The van der Waals surface area contributed by atoms with Gasteiger partial charge in [0, 0.05) is 44.4 Å². The number of fused-ring (bicyclic) bond motifs is 1. The van der Waals surface area contributed by atoms with E-state index in [0.29, 0.717) is 55.7 Å². The van der Waals surface area contributed by atoms with Crippen molar-refractivity contribution in [1.82, 2.24) is 19.9 Å². The summed E-state index contributed by atoms with van der Waals surface area (Å²) in [5.74, 6) is 0.900. The summed E-state index contributed by atoms with van der Waals surface area (Å²) in [6.45, 7) is 2.95. The first kappa shape index (κ1) is 21.0. The number of aromatic amines is 1. The van der Waals surface area contributed by atoms with Crippen LogP contribution in [0.15, 0.2) is 65.5 Å². The van der Waals surface area contributed by atoms with Crippen molar-refractivity contribution < 1.29 is 8.78 Å². The third-order valence-electron chi connectivity index (χ3n) is 5.65. The highest BCUT2D eigenvalue weighted by molar-refractivity contribution is 5.81. The normalized spacial score (nSPS) is 14.5. The van der Waals surface area contributed by atoms with Gasteiger partial charge >= 0.3 is 0 Å². The van der Waals surface area contributed by atoms with Crippen LogP contribution in [-0.2, 0) is 6.54 Å². The summed E-state index contributed by atoms with van der Waals surface area (Å²) in [7, 11) is 0. The van der Waals surface area contributed by atoms with Gasteiger partial charge < -0.3 is 15.2 Å². The number of rotatable bonds is 5. The van der Waals surface area contributed by atoms with E-state index in [1.54, 1.807) is 12.1 Å². The second-order valence-corrected chi connectivity index (χ2v) is 7.94. The average Bonchev–Trinajstić information content (AvgIpc) is 2.82. The summed E-state index contributed by atoms with van der Waals surface area (Å²) < 4.78 is 27.6. The second-order valence-electron chi connectivity index (χ2n) is 7.94. The molecule has 0 saturated carbocycles. The largest absolute Gasteiger partial charge is 0.351 e. The van der Waals surface area contributed by atoms with E-state index in [2.05, 4.69) is 20.1 Å². The van der Waals surface area contributed by atoms with Crippen LogP contribution in [0.25, 0.3) is 11.0 Å². The van der Waals surface area contributed by atoms with E-state index in [1.165, 1.54) is 12.1 Å². The van der Waals surface area contributed by atoms with Crippen molar-refractivity contribution in [3.05, 3.63) is 88.2 Å². The lowest BCUT2D eigenvalue weighted by molar-refractivity contribution is 0.246. The van der Waals surface area contributed by atoms with Gasteiger partial charge in [-0.15, -0.1) is 0 Å². The maximum atomic E-state index is 14.0. The highest BCUT2D eigenvalue weighted by Crippen LogP contribution is 2.28. The SMILES string of the molecule is O=c1cccc(Nc2nc3ccccc3nc2N2CCN(Cc3cc(F)ccc3F)CC2)[nH]1. The highest BCUT2D eigenvalue weighted by Gasteiger charge is 2.23. The van der Waals surface area contributed by atoms with Crippen LogP contribution in [0.5, 0.6) is 0 Å². The predicted molar refractivity (Wildman–Crippen MR) is 124 cm³/mol. The van der Waals surface area contributed by atoms with Gasteiger partial charge in [-0.25, -0.2) is 18.7 Å². The first-order valence-corrected chi connectivity index (χ1v) is 10.7. The molecule has 9 heteroatoms. The Bertz CT molecular complexity index is 1350. The molecular weight excluding hydrogens is 426 g/mol. The van der Waals surface area contributed by atoms with E-state index in [-0.39, 0.29) is 5.56 Å². The molecule has 0 spiro atoms. The van der Waals surface area contributed by atoms with Gasteiger partial charge in [0.2, 0.25) is 5.56 Å². The first-order chi connectivity index (χ1) is 16.0. The van der Waals surface area contributed by atoms with Gasteiger partial charge in [0.25, 0.3) is 0 Å². The molecule has 1 fully saturated rings. The van der Waals surface area contributed by atoms with Gasteiger partial charge in [-0.05, 0) is 36.4 Å². The number of H-pyrrole nitrogens is 1. The lowest BCUT2D eigenvalue weighted by atomic mass is 10.1. The molecule has 1 saturated heterocycles. The number of piperazine rings is 1. The van der Waals surface area contributed by atoms with Gasteiger partial charge in [-0.3, -0.25) is 9.69 Å². The maximum Gasteiger partial charge on any atom is 0.249 e. The summed E-state index contributed by atoms with van der Waals surface area (Å²) in [5.41, 5.74) is 1.64. The quantitative estimate of drug-likeness (QED) is 0.485. The summed E-state index contributed by atoms with van der Waals surface area (Å²) in [5, 5.41) is 3.19. The molecule has 168 valence electrons. The Labute approximate surface area is 188 Å².